The summed E-state index contributed by atoms with van der Waals surface area (Å²) in [5.74, 6) is 0.603. The molecule has 4 nitrogen and oxygen atoms in total. The number of para-hydroxylation sites is 1. The van der Waals surface area contributed by atoms with Crippen LogP contribution in [-0.4, -0.2) is 34.2 Å². The molecule has 0 aliphatic rings. The molecule has 0 N–H and O–H groups in total. The van der Waals surface area contributed by atoms with Crippen LogP contribution >= 0.6 is 11.6 Å². The summed E-state index contributed by atoms with van der Waals surface area (Å²) in [7, 11) is 1.91. The van der Waals surface area contributed by atoms with Gasteiger partial charge in [0.1, 0.15) is 5.52 Å². The molecule has 0 saturated carbocycles. The summed E-state index contributed by atoms with van der Waals surface area (Å²) in [5.41, 5.74) is 1.65. The molecule has 0 aliphatic heterocycles. The van der Waals surface area contributed by atoms with Crippen LogP contribution in [0.4, 0.5) is 5.95 Å². The standard InChI is InChI=1S/C11H13ClN4/c1-8(12)7-16(2)11-13-9-5-3-4-6-10(9)14-15-11/h3-6,8H,7H2,1-2H3. The highest BCUT2D eigenvalue weighted by molar-refractivity contribution is 6.20. The molecular formula is C11H13ClN4. The third kappa shape index (κ3) is 2.39. The molecule has 0 amide bonds. The fourth-order valence-corrected chi connectivity index (χ4v) is 1.70. The summed E-state index contributed by atoms with van der Waals surface area (Å²) in [6, 6.07) is 7.67. The monoisotopic (exact) mass is 236 g/mol. The molecule has 2 rings (SSSR count). The van der Waals surface area contributed by atoms with E-state index in [1.165, 1.54) is 0 Å². The van der Waals surface area contributed by atoms with Gasteiger partial charge in [-0.3, -0.25) is 0 Å². The van der Waals surface area contributed by atoms with Crippen LogP contribution in [0.25, 0.3) is 11.0 Å². The van der Waals surface area contributed by atoms with Gasteiger partial charge in [0.05, 0.1) is 5.52 Å². The van der Waals surface area contributed by atoms with Crippen LogP contribution < -0.4 is 4.90 Å². The largest absolute Gasteiger partial charge is 0.341 e. The Hall–Kier alpha value is -1.42. The van der Waals surface area contributed by atoms with E-state index in [-0.39, 0.29) is 5.38 Å². The molecule has 0 spiro atoms. The van der Waals surface area contributed by atoms with Gasteiger partial charge in [-0.25, -0.2) is 4.98 Å². The van der Waals surface area contributed by atoms with Gasteiger partial charge in [-0.2, -0.15) is 0 Å². The van der Waals surface area contributed by atoms with Crippen molar-refractivity contribution in [3.63, 3.8) is 0 Å². The van der Waals surface area contributed by atoms with Gasteiger partial charge >= 0.3 is 0 Å². The van der Waals surface area contributed by atoms with E-state index < -0.39 is 0 Å². The fraction of sp³-hybridized carbons (Fsp3) is 0.364. The molecule has 84 valence electrons. The first-order valence-electron chi connectivity index (χ1n) is 5.11. The lowest BCUT2D eigenvalue weighted by atomic mass is 10.3. The maximum atomic E-state index is 5.92. The maximum Gasteiger partial charge on any atom is 0.245 e. The zero-order chi connectivity index (χ0) is 11.5. The predicted octanol–water partition coefficient (Wildman–Crippen LogP) is 2.09. The van der Waals surface area contributed by atoms with Gasteiger partial charge in [0.2, 0.25) is 5.95 Å². The minimum absolute atomic E-state index is 0.0556. The average Bonchev–Trinajstić information content (AvgIpc) is 2.27. The lowest BCUT2D eigenvalue weighted by Crippen LogP contribution is -2.26. The summed E-state index contributed by atoms with van der Waals surface area (Å²) in [4.78, 5) is 6.32. The minimum atomic E-state index is 0.0556. The van der Waals surface area contributed by atoms with Crippen LogP contribution in [-0.2, 0) is 0 Å². The Balaban J connectivity index is 2.32. The van der Waals surface area contributed by atoms with Gasteiger partial charge in [-0.15, -0.1) is 21.8 Å². The van der Waals surface area contributed by atoms with Crippen molar-refractivity contribution in [3.8, 4) is 0 Å². The fourth-order valence-electron chi connectivity index (χ4n) is 1.49. The second kappa shape index (κ2) is 4.61. The molecule has 1 aromatic heterocycles. The van der Waals surface area contributed by atoms with Crippen molar-refractivity contribution in [3.05, 3.63) is 24.3 Å². The van der Waals surface area contributed by atoms with Gasteiger partial charge in [0, 0.05) is 19.0 Å². The summed E-state index contributed by atoms with van der Waals surface area (Å²) in [5, 5.41) is 8.23. The topological polar surface area (TPSA) is 41.9 Å². The minimum Gasteiger partial charge on any atom is -0.341 e. The van der Waals surface area contributed by atoms with Crippen molar-refractivity contribution in [1.29, 1.82) is 0 Å². The molecule has 1 aromatic carbocycles. The smallest absolute Gasteiger partial charge is 0.245 e. The van der Waals surface area contributed by atoms with Crippen LogP contribution in [0.1, 0.15) is 6.92 Å². The Labute approximate surface area is 99.3 Å². The Morgan fingerprint density at radius 2 is 1.94 bits per heavy atom. The van der Waals surface area contributed by atoms with Gasteiger partial charge in [-0.1, -0.05) is 12.1 Å². The number of anilines is 1. The van der Waals surface area contributed by atoms with Gasteiger partial charge in [0.15, 0.2) is 0 Å². The molecule has 2 aromatic rings. The van der Waals surface area contributed by atoms with Crippen molar-refractivity contribution in [2.45, 2.75) is 12.3 Å². The van der Waals surface area contributed by atoms with Crippen LogP contribution in [0, 0.1) is 0 Å². The number of rotatable bonds is 3. The number of halogens is 1. The SMILES string of the molecule is CC(Cl)CN(C)c1nnc2ccccc2n1. The van der Waals surface area contributed by atoms with Crippen LogP contribution in [0.3, 0.4) is 0 Å². The molecule has 1 unspecified atom stereocenters. The lowest BCUT2D eigenvalue weighted by molar-refractivity contribution is 0.811. The number of hydrogen-bond donors (Lipinski definition) is 0. The highest BCUT2D eigenvalue weighted by atomic mass is 35.5. The lowest BCUT2D eigenvalue weighted by Gasteiger charge is -2.17. The van der Waals surface area contributed by atoms with Crippen LogP contribution in [0.15, 0.2) is 24.3 Å². The first-order chi connectivity index (χ1) is 7.66. The first kappa shape index (κ1) is 11.1. The zero-order valence-corrected chi connectivity index (χ0v) is 10.0. The third-order valence-corrected chi connectivity index (χ3v) is 2.35. The Morgan fingerprint density at radius 1 is 1.25 bits per heavy atom. The maximum absolute atomic E-state index is 5.92. The Morgan fingerprint density at radius 3 is 2.62 bits per heavy atom. The number of fused-ring (bicyclic) bond motifs is 1. The molecule has 0 saturated heterocycles. The van der Waals surface area contributed by atoms with Gasteiger partial charge in [-0.05, 0) is 19.1 Å². The first-order valence-corrected chi connectivity index (χ1v) is 5.55. The van der Waals surface area contributed by atoms with Gasteiger partial charge < -0.3 is 4.90 Å². The normalized spacial score (nSPS) is 12.7. The van der Waals surface area contributed by atoms with Crippen molar-refractivity contribution in [2.75, 3.05) is 18.5 Å². The molecule has 0 fully saturated rings. The molecule has 1 heterocycles. The van der Waals surface area contributed by atoms with Crippen molar-refractivity contribution in [1.82, 2.24) is 15.2 Å². The Kier molecular flexibility index (Phi) is 3.19. The van der Waals surface area contributed by atoms with Gasteiger partial charge in [0.25, 0.3) is 0 Å². The van der Waals surface area contributed by atoms with E-state index in [1.54, 1.807) is 0 Å². The molecule has 0 radical (unpaired) electrons. The average molecular weight is 237 g/mol. The van der Waals surface area contributed by atoms with E-state index in [2.05, 4.69) is 15.2 Å². The van der Waals surface area contributed by atoms with Crippen molar-refractivity contribution >= 4 is 28.6 Å². The number of nitrogens with zero attached hydrogens (tertiary/aromatic N) is 4. The van der Waals surface area contributed by atoms with E-state index in [9.17, 15) is 0 Å². The number of alkyl halides is 1. The summed E-state index contributed by atoms with van der Waals surface area (Å²) < 4.78 is 0. The Bertz CT molecular complexity index is 486. The summed E-state index contributed by atoms with van der Waals surface area (Å²) >= 11 is 5.92. The zero-order valence-electron chi connectivity index (χ0n) is 9.26. The van der Waals surface area contributed by atoms with Crippen LogP contribution in [0.5, 0.6) is 0 Å². The van der Waals surface area contributed by atoms with Crippen LogP contribution in [0.2, 0.25) is 0 Å². The van der Waals surface area contributed by atoms with E-state index in [1.807, 2.05) is 43.1 Å². The van der Waals surface area contributed by atoms with Crippen molar-refractivity contribution in [2.24, 2.45) is 0 Å². The van der Waals surface area contributed by atoms with Crippen molar-refractivity contribution < 1.29 is 0 Å². The number of aromatic nitrogens is 3. The van der Waals surface area contributed by atoms with E-state index >= 15 is 0 Å². The summed E-state index contributed by atoms with van der Waals surface area (Å²) in [6.07, 6.45) is 0. The molecule has 0 bridgehead atoms. The molecule has 5 heteroatoms. The number of hydrogen-bond acceptors (Lipinski definition) is 4. The van der Waals surface area contributed by atoms with E-state index in [0.717, 1.165) is 11.0 Å². The van der Waals surface area contributed by atoms with E-state index in [0.29, 0.717) is 12.5 Å². The number of benzene rings is 1. The molecule has 16 heavy (non-hydrogen) atoms. The molecule has 0 aliphatic carbocycles. The quantitative estimate of drug-likeness (QED) is 0.766. The second-order valence-corrected chi connectivity index (χ2v) is 4.51. The molecular weight excluding hydrogens is 224 g/mol. The predicted molar refractivity (Wildman–Crippen MR) is 65.9 cm³/mol. The molecule has 1 atom stereocenters. The summed E-state index contributed by atoms with van der Waals surface area (Å²) in [6.45, 7) is 2.63. The second-order valence-electron chi connectivity index (χ2n) is 3.76. The van der Waals surface area contributed by atoms with E-state index in [4.69, 9.17) is 11.6 Å². The highest BCUT2D eigenvalue weighted by Crippen LogP contribution is 2.12. The third-order valence-electron chi connectivity index (χ3n) is 2.22. The highest BCUT2D eigenvalue weighted by Gasteiger charge is 2.08.